The van der Waals surface area contributed by atoms with Crippen molar-refractivity contribution < 1.29 is 13.9 Å². The molecule has 6 heteroatoms. The van der Waals surface area contributed by atoms with Crippen molar-refractivity contribution >= 4 is 11.7 Å². The molecule has 0 saturated heterocycles. The van der Waals surface area contributed by atoms with E-state index >= 15 is 0 Å². The normalized spacial score (nSPS) is 10.5. The maximum absolute atomic E-state index is 11.5. The van der Waals surface area contributed by atoms with Crippen molar-refractivity contribution in [1.29, 1.82) is 0 Å². The number of methoxy groups -OCH3 is 1. The van der Waals surface area contributed by atoms with Crippen molar-refractivity contribution in [3.63, 3.8) is 0 Å². The van der Waals surface area contributed by atoms with Crippen molar-refractivity contribution in [2.45, 2.75) is 20.4 Å². The molecule has 1 N–H and O–H groups in total. The van der Waals surface area contributed by atoms with E-state index in [1.165, 1.54) is 7.11 Å². The number of hydrogen-bond acceptors (Lipinski definition) is 5. The zero-order valence-electron chi connectivity index (χ0n) is 11.5. The minimum atomic E-state index is -0.384. The molecule has 2 aromatic heterocycles. The van der Waals surface area contributed by atoms with Gasteiger partial charge in [0.1, 0.15) is 17.1 Å². The molecule has 6 nitrogen and oxygen atoms in total. The zero-order valence-corrected chi connectivity index (χ0v) is 11.5. The third kappa shape index (κ3) is 2.78. The van der Waals surface area contributed by atoms with Gasteiger partial charge >= 0.3 is 5.97 Å². The van der Waals surface area contributed by atoms with E-state index in [2.05, 4.69) is 15.2 Å². The molecule has 102 valence electrons. The first-order valence-electron chi connectivity index (χ1n) is 5.93. The van der Waals surface area contributed by atoms with E-state index < -0.39 is 0 Å². The van der Waals surface area contributed by atoms with Crippen LogP contribution in [-0.4, -0.2) is 22.9 Å². The predicted octanol–water partition coefficient (Wildman–Crippen LogP) is 2.03. The summed E-state index contributed by atoms with van der Waals surface area (Å²) in [7, 11) is 3.22. The molecule has 0 saturated carbocycles. The van der Waals surface area contributed by atoms with Crippen molar-refractivity contribution in [1.82, 2.24) is 9.78 Å². The first-order chi connectivity index (χ1) is 9.01. The van der Waals surface area contributed by atoms with E-state index in [0.717, 1.165) is 11.4 Å². The number of anilines is 1. The monoisotopic (exact) mass is 263 g/mol. The van der Waals surface area contributed by atoms with Crippen LogP contribution in [0.5, 0.6) is 0 Å². The first kappa shape index (κ1) is 13.2. The zero-order chi connectivity index (χ0) is 14.0. The Kier molecular flexibility index (Phi) is 3.59. The van der Waals surface area contributed by atoms with Gasteiger partial charge in [-0.25, -0.2) is 4.79 Å². The molecular weight excluding hydrogens is 246 g/mol. The number of nitrogens with one attached hydrogen (secondary N) is 1. The minimum absolute atomic E-state index is 0.384. The highest BCUT2D eigenvalue weighted by Gasteiger charge is 2.15. The summed E-state index contributed by atoms with van der Waals surface area (Å²) in [4.78, 5) is 11.5. The van der Waals surface area contributed by atoms with Crippen LogP contribution in [-0.2, 0) is 18.3 Å². The van der Waals surface area contributed by atoms with Crippen LogP contribution in [0.1, 0.15) is 27.6 Å². The molecule has 19 heavy (non-hydrogen) atoms. The van der Waals surface area contributed by atoms with Gasteiger partial charge in [0.15, 0.2) is 0 Å². The summed E-state index contributed by atoms with van der Waals surface area (Å²) in [6.45, 7) is 4.16. The van der Waals surface area contributed by atoms with Gasteiger partial charge in [-0.05, 0) is 19.9 Å². The Labute approximate surface area is 111 Å². The van der Waals surface area contributed by atoms with Crippen molar-refractivity contribution in [2.24, 2.45) is 7.05 Å². The number of esters is 1. The Morgan fingerprint density at radius 2 is 2.26 bits per heavy atom. The molecule has 2 aromatic rings. The molecule has 0 radical (unpaired) electrons. The van der Waals surface area contributed by atoms with E-state index in [0.29, 0.717) is 23.6 Å². The van der Waals surface area contributed by atoms with Gasteiger partial charge in [-0.1, -0.05) is 0 Å². The lowest BCUT2D eigenvalue weighted by Gasteiger charge is -2.01. The first-order valence-corrected chi connectivity index (χ1v) is 5.93. The van der Waals surface area contributed by atoms with E-state index in [-0.39, 0.29) is 5.97 Å². The van der Waals surface area contributed by atoms with Crippen LogP contribution in [0.25, 0.3) is 0 Å². The molecule has 0 aliphatic heterocycles. The summed E-state index contributed by atoms with van der Waals surface area (Å²) in [5.41, 5.74) is 2.32. The second-order valence-electron chi connectivity index (χ2n) is 4.33. The summed E-state index contributed by atoms with van der Waals surface area (Å²) in [6.07, 6.45) is 1.90. The van der Waals surface area contributed by atoms with Gasteiger partial charge in [-0.2, -0.15) is 5.10 Å². The van der Waals surface area contributed by atoms with Gasteiger partial charge in [0.25, 0.3) is 0 Å². The smallest absolute Gasteiger partial charge is 0.341 e. The lowest BCUT2D eigenvalue weighted by Crippen LogP contribution is -2.01. The average molecular weight is 263 g/mol. The quantitative estimate of drug-likeness (QED) is 0.855. The number of furan rings is 1. The maximum atomic E-state index is 11.5. The predicted molar refractivity (Wildman–Crippen MR) is 70.1 cm³/mol. The number of aryl methyl sites for hydroxylation is 3. The summed E-state index contributed by atoms with van der Waals surface area (Å²) < 4.78 is 11.9. The third-order valence-electron chi connectivity index (χ3n) is 2.84. The van der Waals surface area contributed by atoms with Crippen LogP contribution >= 0.6 is 0 Å². The number of ether oxygens (including phenoxy) is 1. The van der Waals surface area contributed by atoms with Gasteiger partial charge < -0.3 is 14.5 Å². The van der Waals surface area contributed by atoms with Crippen LogP contribution in [0.2, 0.25) is 0 Å². The fourth-order valence-corrected chi connectivity index (χ4v) is 1.90. The molecule has 0 spiro atoms. The molecule has 2 rings (SSSR count). The van der Waals surface area contributed by atoms with Gasteiger partial charge in [0, 0.05) is 13.2 Å². The van der Waals surface area contributed by atoms with E-state index in [4.69, 9.17) is 4.42 Å². The SMILES string of the molecule is COC(=O)c1cc(CNc2cn(C)nc2C)oc1C. The molecule has 0 aromatic carbocycles. The molecule has 0 fully saturated rings. The fourth-order valence-electron chi connectivity index (χ4n) is 1.90. The van der Waals surface area contributed by atoms with E-state index in [1.807, 2.05) is 20.2 Å². The Hall–Kier alpha value is -2.24. The Morgan fingerprint density at radius 3 is 2.84 bits per heavy atom. The number of carbonyl (C=O) groups excluding carboxylic acids is 1. The Bertz CT molecular complexity index is 598. The summed E-state index contributed by atoms with van der Waals surface area (Å²) >= 11 is 0. The van der Waals surface area contributed by atoms with E-state index in [9.17, 15) is 4.79 Å². The lowest BCUT2D eigenvalue weighted by molar-refractivity contribution is 0.0599. The molecule has 0 amide bonds. The van der Waals surface area contributed by atoms with Crippen LogP contribution in [0, 0.1) is 13.8 Å². The largest absolute Gasteiger partial charge is 0.465 e. The van der Waals surface area contributed by atoms with Gasteiger partial charge in [0.2, 0.25) is 0 Å². The van der Waals surface area contributed by atoms with Crippen LogP contribution in [0.3, 0.4) is 0 Å². The average Bonchev–Trinajstić information content (AvgIpc) is 2.88. The number of hydrogen-bond donors (Lipinski definition) is 1. The molecular formula is C13H17N3O3. The second kappa shape index (κ2) is 5.17. The minimum Gasteiger partial charge on any atom is -0.465 e. The Balaban J connectivity index is 2.08. The number of aromatic nitrogens is 2. The Morgan fingerprint density at radius 1 is 1.53 bits per heavy atom. The second-order valence-corrected chi connectivity index (χ2v) is 4.33. The lowest BCUT2D eigenvalue weighted by atomic mass is 10.2. The highest BCUT2D eigenvalue weighted by Crippen LogP contribution is 2.18. The molecule has 0 aliphatic rings. The van der Waals surface area contributed by atoms with Gasteiger partial charge in [-0.15, -0.1) is 0 Å². The number of rotatable bonds is 4. The van der Waals surface area contributed by atoms with E-state index in [1.54, 1.807) is 17.7 Å². The maximum Gasteiger partial charge on any atom is 0.341 e. The topological polar surface area (TPSA) is 69.3 Å². The summed E-state index contributed by atoms with van der Waals surface area (Å²) in [5.74, 6) is 0.859. The van der Waals surface area contributed by atoms with Crippen molar-refractivity contribution in [3.05, 3.63) is 35.0 Å². The highest BCUT2D eigenvalue weighted by atomic mass is 16.5. The summed E-state index contributed by atoms with van der Waals surface area (Å²) in [5, 5.41) is 7.46. The van der Waals surface area contributed by atoms with Gasteiger partial charge in [-0.3, -0.25) is 4.68 Å². The molecule has 0 aliphatic carbocycles. The van der Waals surface area contributed by atoms with Crippen LogP contribution < -0.4 is 5.32 Å². The number of carbonyl (C=O) groups is 1. The van der Waals surface area contributed by atoms with Crippen LogP contribution in [0.15, 0.2) is 16.7 Å². The molecule has 0 atom stereocenters. The summed E-state index contributed by atoms with van der Waals surface area (Å²) in [6, 6.07) is 1.69. The van der Waals surface area contributed by atoms with Crippen LogP contribution in [0.4, 0.5) is 5.69 Å². The molecule has 2 heterocycles. The fraction of sp³-hybridized carbons (Fsp3) is 0.385. The molecule has 0 bridgehead atoms. The molecule has 0 unspecified atom stereocenters. The highest BCUT2D eigenvalue weighted by molar-refractivity contribution is 5.90. The third-order valence-corrected chi connectivity index (χ3v) is 2.84. The standard InChI is InChI=1S/C13H17N3O3/c1-8-12(7-16(3)15-8)14-6-10-5-11(9(2)19-10)13(17)18-4/h5,7,14H,6H2,1-4H3. The van der Waals surface area contributed by atoms with Gasteiger partial charge in [0.05, 0.1) is 25.0 Å². The number of nitrogens with zero attached hydrogens (tertiary/aromatic N) is 2. The van der Waals surface area contributed by atoms with Crippen molar-refractivity contribution in [2.75, 3.05) is 12.4 Å². The van der Waals surface area contributed by atoms with Crippen molar-refractivity contribution in [3.8, 4) is 0 Å².